The Balaban J connectivity index is 1.60. The first-order chi connectivity index (χ1) is 17.7. The molecule has 0 aromatic heterocycles. The first kappa shape index (κ1) is 27.9. The van der Waals surface area contributed by atoms with Gasteiger partial charge in [0.1, 0.15) is 11.5 Å². The molecular formula is C27H31N3O5S2. The van der Waals surface area contributed by atoms with E-state index in [-0.39, 0.29) is 16.1 Å². The van der Waals surface area contributed by atoms with E-state index < -0.39 is 15.9 Å². The van der Waals surface area contributed by atoms with Crippen molar-refractivity contribution in [1.29, 1.82) is 0 Å². The second-order valence-electron chi connectivity index (χ2n) is 8.33. The minimum Gasteiger partial charge on any atom is -0.497 e. The van der Waals surface area contributed by atoms with Gasteiger partial charge < -0.3 is 14.8 Å². The molecule has 1 unspecified atom stereocenters. The van der Waals surface area contributed by atoms with Crippen LogP contribution in [0.4, 0.5) is 11.4 Å². The summed E-state index contributed by atoms with van der Waals surface area (Å²) in [6, 6.07) is 19.6. The van der Waals surface area contributed by atoms with Crippen molar-refractivity contribution in [2.45, 2.75) is 44.1 Å². The third-order valence-electron chi connectivity index (χ3n) is 5.42. The average Bonchev–Trinajstić information content (AvgIpc) is 2.88. The molecule has 0 aliphatic rings. The summed E-state index contributed by atoms with van der Waals surface area (Å²) in [5.74, 6) is 0.711. The SMILES string of the molecule is CCCCC(C)Oc1ccccc1C(=O)NC(=S)Nc1ccc(S(=O)(=O)Nc2ccc(OC)cc2)cc1. The van der Waals surface area contributed by atoms with Crippen LogP contribution < -0.4 is 24.8 Å². The Morgan fingerprint density at radius 2 is 1.62 bits per heavy atom. The maximum atomic E-state index is 12.8. The Morgan fingerprint density at radius 3 is 2.27 bits per heavy atom. The molecule has 0 bridgehead atoms. The second-order valence-corrected chi connectivity index (χ2v) is 10.4. The summed E-state index contributed by atoms with van der Waals surface area (Å²) >= 11 is 5.29. The molecule has 3 N–H and O–H groups in total. The Bertz CT molecular complexity index is 1310. The number of thiocarbonyl (C=S) groups is 1. The van der Waals surface area contributed by atoms with Crippen molar-refractivity contribution in [3.63, 3.8) is 0 Å². The number of unbranched alkanes of at least 4 members (excludes halogenated alkanes) is 1. The summed E-state index contributed by atoms with van der Waals surface area (Å²) in [4.78, 5) is 12.9. The maximum absolute atomic E-state index is 12.8. The Morgan fingerprint density at radius 1 is 0.973 bits per heavy atom. The van der Waals surface area contributed by atoms with Gasteiger partial charge in [-0.15, -0.1) is 0 Å². The van der Waals surface area contributed by atoms with E-state index in [0.29, 0.717) is 28.4 Å². The predicted octanol–water partition coefficient (Wildman–Crippen LogP) is 5.58. The number of para-hydroxylation sites is 1. The first-order valence-electron chi connectivity index (χ1n) is 11.9. The van der Waals surface area contributed by atoms with Crippen LogP contribution in [0.3, 0.4) is 0 Å². The monoisotopic (exact) mass is 541 g/mol. The largest absolute Gasteiger partial charge is 0.497 e. The quantitative estimate of drug-likeness (QED) is 0.272. The van der Waals surface area contributed by atoms with Crippen LogP contribution in [-0.4, -0.2) is 32.7 Å². The van der Waals surface area contributed by atoms with Gasteiger partial charge in [-0.2, -0.15) is 0 Å². The molecule has 0 fully saturated rings. The van der Waals surface area contributed by atoms with Gasteiger partial charge in [0.25, 0.3) is 15.9 Å². The fourth-order valence-corrected chi connectivity index (χ4v) is 4.72. The summed E-state index contributed by atoms with van der Waals surface area (Å²) < 4.78 is 39.0. The number of hydrogen-bond acceptors (Lipinski definition) is 6. The molecule has 0 heterocycles. The number of hydrogen-bond donors (Lipinski definition) is 3. The minimum absolute atomic E-state index is 0.0204. The van der Waals surface area contributed by atoms with Gasteiger partial charge in [-0.05, 0) is 86.2 Å². The van der Waals surface area contributed by atoms with Crippen LogP contribution in [0.2, 0.25) is 0 Å². The molecule has 0 aliphatic carbocycles. The van der Waals surface area contributed by atoms with E-state index in [4.69, 9.17) is 21.7 Å². The standard InChI is InChI=1S/C27H31N3O5S2/c1-4-5-8-19(2)35-25-10-7-6-9-24(25)26(31)29-27(36)28-20-13-17-23(18-14-20)37(32,33)30-21-11-15-22(34-3)16-12-21/h6-7,9-19,30H,4-5,8H2,1-3H3,(H2,28,29,31,36). The normalized spacial score (nSPS) is 11.8. The van der Waals surface area contributed by atoms with Crippen molar-refractivity contribution in [2.24, 2.45) is 0 Å². The third kappa shape index (κ3) is 8.19. The van der Waals surface area contributed by atoms with E-state index >= 15 is 0 Å². The van der Waals surface area contributed by atoms with Gasteiger partial charge in [0.15, 0.2) is 5.11 Å². The van der Waals surface area contributed by atoms with Crippen molar-refractivity contribution in [3.05, 3.63) is 78.4 Å². The molecule has 196 valence electrons. The zero-order valence-electron chi connectivity index (χ0n) is 21.0. The van der Waals surface area contributed by atoms with Crippen LogP contribution in [0, 0.1) is 0 Å². The number of ether oxygens (including phenoxy) is 2. The van der Waals surface area contributed by atoms with Crippen LogP contribution in [-0.2, 0) is 10.0 Å². The average molecular weight is 542 g/mol. The number of anilines is 2. The highest BCUT2D eigenvalue weighted by molar-refractivity contribution is 7.92. The van der Waals surface area contributed by atoms with Crippen LogP contribution >= 0.6 is 12.2 Å². The molecule has 0 radical (unpaired) electrons. The number of benzene rings is 3. The lowest BCUT2D eigenvalue weighted by Gasteiger charge is -2.17. The molecular weight excluding hydrogens is 510 g/mol. The van der Waals surface area contributed by atoms with Gasteiger partial charge >= 0.3 is 0 Å². The van der Waals surface area contributed by atoms with E-state index in [9.17, 15) is 13.2 Å². The zero-order valence-corrected chi connectivity index (χ0v) is 22.6. The molecule has 3 rings (SSSR count). The fourth-order valence-electron chi connectivity index (χ4n) is 3.45. The number of carbonyl (C=O) groups is 1. The smallest absolute Gasteiger partial charge is 0.261 e. The van der Waals surface area contributed by atoms with Crippen molar-refractivity contribution >= 4 is 44.6 Å². The molecule has 37 heavy (non-hydrogen) atoms. The molecule has 3 aromatic carbocycles. The van der Waals surface area contributed by atoms with Crippen LogP contribution in [0.25, 0.3) is 0 Å². The third-order valence-corrected chi connectivity index (χ3v) is 7.02. The molecule has 0 saturated carbocycles. The Labute approximate surface area is 223 Å². The van der Waals surface area contributed by atoms with Crippen LogP contribution in [0.5, 0.6) is 11.5 Å². The second kappa shape index (κ2) is 13.1. The van der Waals surface area contributed by atoms with Gasteiger partial charge in [-0.1, -0.05) is 31.9 Å². The summed E-state index contributed by atoms with van der Waals surface area (Å²) in [6.07, 6.45) is 2.99. The first-order valence-corrected chi connectivity index (χ1v) is 13.8. The molecule has 1 atom stereocenters. The summed E-state index contributed by atoms with van der Waals surface area (Å²) in [6.45, 7) is 4.10. The minimum atomic E-state index is -3.79. The predicted molar refractivity (Wildman–Crippen MR) is 150 cm³/mol. The lowest BCUT2D eigenvalue weighted by molar-refractivity contribution is 0.0970. The van der Waals surface area contributed by atoms with E-state index in [1.165, 1.54) is 19.2 Å². The molecule has 1 amide bonds. The van der Waals surface area contributed by atoms with Crippen LogP contribution in [0.15, 0.2) is 77.7 Å². The van der Waals surface area contributed by atoms with Gasteiger partial charge in [-0.25, -0.2) is 8.42 Å². The van der Waals surface area contributed by atoms with Crippen LogP contribution in [0.1, 0.15) is 43.5 Å². The summed E-state index contributed by atoms with van der Waals surface area (Å²) in [5.41, 5.74) is 1.31. The fraction of sp³-hybridized carbons (Fsp3) is 0.259. The highest BCUT2D eigenvalue weighted by Gasteiger charge is 2.17. The number of sulfonamides is 1. The van der Waals surface area contributed by atoms with E-state index in [2.05, 4.69) is 22.3 Å². The van der Waals surface area contributed by atoms with E-state index in [1.54, 1.807) is 54.6 Å². The molecule has 0 saturated heterocycles. The summed E-state index contributed by atoms with van der Waals surface area (Å²) in [5, 5.41) is 5.63. The number of amides is 1. The van der Waals surface area contributed by atoms with Crippen molar-refractivity contribution in [3.8, 4) is 11.5 Å². The van der Waals surface area contributed by atoms with Crippen molar-refractivity contribution in [2.75, 3.05) is 17.1 Å². The van der Waals surface area contributed by atoms with E-state index in [1.807, 2.05) is 13.0 Å². The zero-order chi connectivity index (χ0) is 26.8. The number of methoxy groups -OCH3 is 1. The van der Waals surface area contributed by atoms with Gasteiger partial charge in [-0.3, -0.25) is 14.8 Å². The lowest BCUT2D eigenvalue weighted by atomic mass is 10.1. The molecule has 10 heteroatoms. The van der Waals surface area contributed by atoms with Crippen molar-refractivity contribution < 1.29 is 22.7 Å². The number of carbonyl (C=O) groups excluding carboxylic acids is 1. The van der Waals surface area contributed by atoms with Gasteiger partial charge in [0, 0.05) is 11.4 Å². The summed E-state index contributed by atoms with van der Waals surface area (Å²) in [7, 11) is -2.25. The maximum Gasteiger partial charge on any atom is 0.261 e. The highest BCUT2D eigenvalue weighted by Crippen LogP contribution is 2.22. The molecule has 0 spiro atoms. The van der Waals surface area contributed by atoms with Gasteiger partial charge in [0.05, 0.1) is 23.7 Å². The number of rotatable bonds is 11. The Hall–Kier alpha value is -3.63. The lowest BCUT2D eigenvalue weighted by Crippen LogP contribution is -2.34. The topological polar surface area (TPSA) is 106 Å². The van der Waals surface area contributed by atoms with Gasteiger partial charge in [0.2, 0.25) is 0 Å². The van der Waals surface area contributed by atoms with E-state index in [0.717, 1.165) is 19.3 Å². The van der Waals surface area contributed by atoms with Crippen molar-refractivity contribution in [1.82, 2.24) is 5.32 Å². The number of nitrogens with one attached hydrogen (secondary N) is 3. The molecule has 3 aromatic rings. The molecule has 8 nitrogen and oxygen atoms in total. The Kier molecular flexibility index (Phi) is 9.87. The molecule has 0 aliphatic heterocycles. The highest BCUT2D eigenvalue weighted by atomic mass is 32.2.